The number of allylic oxidation sites excluding steroid dienone is 3. The van der Waals surface area contributed by atoms with Gasteiger partial charge in [-0.2, -0.15) is 5.26 Å². The lowest BCUT2D eigenvalue weighted by atomic mass is 9.69. The zero-order valence-electron chi connectivity index (χ0n) is 19.0. The minimum Gasteiger partial charge on any atom is -0.352 e. The summed E-state index contributed by atoms with van der Waals surface area (Å²) in [6.07, 6.45) is 1.07. The average molecular weight is 547 g/mol. The van der Waals surface area contributed by atoms with E-state index in [1.807, 2.05) is 12.1 Å². The summed E-state index contributed by atoms with van der Waals surface area (Å²) in [7, 11) is 0. The summed E-state index contributed by atoms with van der Waals surface area (Å²) in [4.78, 5) is 25.9. The first kappa shape index (κ1) is 25.7. The first-order valence-electron chi connectivity index (χ1n) is 10.9. The van der Waals surface area contributed by atoms with Crippen molar-refractivity contribution < 1.29 is 9.59 Å². The van der Waals surface area contributed by atoms with E-state index in [2.05, 4.69) is 30.6 Å². The number of anilines is 1. The van der Waals surface area contributed by atoms with Crippen LogP contribution < -0.4 is 10.6 Å². The molecule has 2 aromatic carbocycles. The largest absolute Gasteiger partial charge is 0.352 e. The minimum atomic E-state index is -0.516. The van der Waals surface area contributed by atoms with Gasteiger partial charge in [-0.1, -0.05) is 72.5 Å². The van der Waals surface area contributed by atoms with Gasteiger partial charge in [-0.15, -0.1) is 0 Å². The van der Waals surface area contributed by atoms with Crippen molar-refractivity contribution in [1.29, 1.82) is 5.26 Å². The van der Waals surface area contributed by atoms with Crippen LogP contribution in [0.4, 0.5) is 5.69 Å². The number of nitrogens with zero attached hydrogens (tertiary/aromatic N) is 1. The van der Waals surface area contributed by atoms with Gasteiger partial charge < -0.3 is 10.6 Å². The van der Waals surface area contributed by atoms with E-state index in [1.165, 1.54) is 11.8 Å². The highest BCUT2D eigenvalue weighted by Gasteiger charge is 2.41. The van der Waals surface area contributed by atoms with E-state index >= 15 is 0 Å². The number of hydrogen-bond acceptors (Lipinski definition) is 5. The number of nitrogens with one attached hydrogen (secondary N) is 2. The zero-order chi connectivity index (χ0) is 25.3. The number of carbonyl (C=O) groups is 2. The molecule has 0 saturated heterocycles. The summed E-state index contributed by atoms with van der Waals surface area (Å²) < 4.78 is 0. The van der Waals surface area contributed by atoms with Gasteiger partial charge in [0.15, 0.2) is 5.78 Å². The second kappa shape index (κ2) is 10.3. The van der Waals surface area contributed by atoms with E-state index in [1.54, 1.807) is 30.3 Å². The molecule has 2 aromatic rings. The smallest absolute Gasteiger partial charge is 0.234 e. The highest BCUT2D eigenvalue weighted by atomic mass is 35.5. The third kappa shape index (κ3) is 5.70. The first-order chi connectivity index (χ1) is 16.6. The van der Waals surface area contributed by atoms with Crippen LogP contribution in [0.5, 0.6) is 0 Å². The predicted octanol–water partition coefficient (Wildman–Crippen LogP) is 7.08. The summed E-state index contributed by atoms with van der Waals surface area (Å²) in [5, 5.41) is 18.1. The molecule has 1 amide bonds. The molecule has 0 bridgehead atoms. The summed E-state index contributed by atoms with van der Waals surface area (Å²) in [5.41, 5.74) is 2.96. The molecule has 1 aliphatic carbocycles. The quantitative estimate of drug-likeness (QED) is 0.419. The van der Waals surface area contributed by atoms with Gasteiger partial charge in [-0.25, -0.2) is 0 Å². The first-order valence-corrected chi connectivity index (χ1v) is 13.0. The fourth-order valence-electron chi connectivity index (χ4n) is 4.39. The maximum absolute atomic E-state index is 13.2. The zero-order valence-corrected chi connectivity index (χ0v) is 22.1. The van der Waals surface area contributed by atoms with Crippen molar-refractivity contribution in [1.82, 2.24) is 5.32 Å². The molecule has 0 aromatic heterocycles. The number of hydrogen-bond donors (Lipinski definition) is 2. The molecule has 35 heavy (non-hydrogen) atoms. The van der Waals surface area contributed by atoms with Crippen molar-refractivity contribution in [2.45, 2.75) is 32.6 Å². The lowest BCUT2D eigenvalue weighted by Gasteiger charge is -2.39. The molecule has 0 spiro atoms. The topological polar surface area (TPSA) is 82.0 Å². The van der Waals surface area contributed by atoms with Crippen LogP contribution in [0.3, 0.4) is 0 Å². The lowest BCUT2D eigenvalue weighted by molar-refractivity contribution is -0.118. The van der Waals surface area contributed by atoms with Crippen LogP contribution in [0.2, 0.25) is 15.1 Å². The standard InChI is InChI=1S/C26H22Cl3N3O2S/c1-26(2)10-20-24(21(33)11-26)23(14-3-5-15(27)6-4-14)17(12-30)25(32-20)35-13-22(34)31-16-7-8-18(28)19(29)9-16/h3-9,23,32H,10-11,13H2,1-2H3,(H,31,34). The molecule has 1 unspecified atom stereocenters. The number of Topliss-reactive ketones (excluding diaryl/α,β-unsaturated/α-hetero) is 1. The molecular weight excluding hydrogens is 525 g/mol. The van der Waals surface area contributed by atoms with Crippen LogP contribution in [0, 0.1) is 16.7 Å². The van der Waals surface area contributed by atoms with E-state index in [-0.39, 0.29) is 22.9 Å². The summed E-state index contributed by atoms with van der Waals surface area (Å²) >= 11 is 19.3. The minimum absolute atomic E-state index is 0.0258. The van der Waals surface area contributed by atoms with Gasteiger partial charge in [-0.05, 0) is 47.7 Å². The number of rotatable bonds is 5. The Hall–Kier alpha value is -2.43. The third-order valence-corrected chi connectivity index (χ3v) is 7.89. The van der Waals surface area contributed by atoms with Gasteiger partial charge in [0.2, 0.25) is 5.91 Å². The number of ketones is 1. The predicted molar refractivity (Wildman–Crippen MR) is 143 cm³/mol. The fourth-order valence-corrected chi connectivity index (χ4v) is 5.67. The van der Waals surface area contributed by atoms with E-state index in [0.717, 1.165) is 11.3 Å². The maximum Gasteiger partial charge on any atom is 0.234 e. The molecule has 0 saturated carbocycles. The van der Waals surface area contributed by atoms with Crippen LogP contribution in [-0.4, -0.2) is 17.4 Å². The molecule has 2 N–H and O–H groups in total. The molecular formula is C26H22Cl3N3O2S. The number of nitriles is 1. The number of amides is 1. The van der Waals surface area contributed by atoms with Crippen LogP contribution >= 0.6 is 46.6 Å². The fraction of sp³-hybridized carbons (Fsp3) is 0.269. The number of halogens is 3. The van der Waals surface area contributed by atoms with E-state index in [4.69, 9.17) is 34.8 Å². The van der Waals surface area contributed by atoms with Crippen molar-refractivity contribution in [3.05, 3.63) is 85.0 Å². The molecule has 1 heterocycles. The number of thioether (sulfide) groups is 1. The Morgan fingerprint density at radius 3 is 2.51 bits per heavy atom. The Labute approximate surface area is 223 Å². The van der Waals surface area contributed by atoms with Gasteiger partial charge in [0.1, 0.15) is 0 Å². The Bertz CT molecular complexity index is 1310. The highest BCUT2D eigenvalue weighted by Crippen LogP contribution is 2.48. The van der Waals surface area contributed by atoms with Crippen LogP contribution in [0.1, 0.15) is 38.2 Å². The molecule has 9 heteroatoms. The normalized spacial score (nSPS) is 19.1. The van der Waals surface area contributed by atoms with Gasteiger partial charge in [0, 0.05) is 28.4 Å². The second-order valence-corrected chi connectivity index (χ2v) is 11.5. The number of benzene rings is 2. The molecule has 1 atom stereocenters. The molecule has 2 aliphatic rings. The Morgan fingerprint density at radius 2 is 1.86 bits per heavy atom. The van der Waals surface area contributed by atoms with Crippen LogP contribution in [-0.2, 0) is 9.59 Å². The number of carbonyl (C=O) groups excluding carboxylic acids is 2. The molecule has 0 fully saturated rings. The highest BCUT2D eigenvalue weighted by molar-refractivity contribution is 8.03. The number of dihydropyridines is 1. The van der Waals surface area contributed by atoms with Gasteiger partial charge >= 0.3 is 0 Å². The summed E-state index contributed by atoms with van der Waals surface area (Å²) in [6.45, 7) is 4.10. The van der Waals surface area contributed by atoms with Crippen molar-refractivity contribution in [2.75, 3.05) is 11.1 Å². The maximum atomic E-state index is 13.2. The van der Waals surface area contributed by atoms with E-state index in [0.29, 0.717) is 49.8 Å². The Kier molecular flexibility index (Phi) is 7.54. The summed E-state index contributed by atoms with van der Waals surface area (Å²) in [5.74, 6) is -0.695. The SMILES string of the molecule is CC1(C)CC(=O)C2=C(C1)NC(SCC(=O)Nc1ccc(Cl)c(Cl)c1)=C(C#N)C2c1ccc(Cl)cc1. The average Bonchev–Trinajstić information content (AvgIpc) is 2.79. The van der Waals surface area contributed by atoms with Crippen molar-refractivity contribution in [2.24, 2.45) is 5.41 Å². The monoisotopic (exact) mass is 545 g/mol. The van der Waals surface area contributed by atoms with Crippen molar-refractivity contribution in [3.8, 4) is 6.07 Å². The molecule has 0 radical (unpaired) electrons. The molecule has 180 valence electrons. The molecule has 1 aliphatic heterocycles. The van der Waals surface area contributed by atoms with Gasteiger partial charge in [-0.3, -0.25) is 9.59 Å². The van der Waals surface area contributed by atoms with Crippen LogP contribution in [0.15, 0.2) is 64.3 Å². The lowest BCUT2D eigenvalue weighted by Crippen LogP contribution is -2.37. The third-order valence-electron chi connectivity index (χ3n) is 5.88. The van der Waals surface area contributed by atoms with Gasteiger partial charge in [0.25, 0.3) is 0 Å². The van der Waals surface area contributed by atoms with E-state index in [9.17, 15) is 14.9 Å². The van der Waals surface area contributed by atoms with Crippen LogP contribution in [0.25, 0.3) is 0 Å². The Balaban J connectivity index is 1.63. The van der Waals surface area contributed by atoms with Crippen molar-refractivity contribution in [3.63, 3.8) is 0 Å². The van der Waals surface area contributed by atoms with Crippen molar-refractivity contribution >= 4 is 63.9 Å². The summed E-state index contributed by atoms with van der Waals surface area (Å²) in [6, 6.07) is 14.3. The van der Waals surface area contributed by atoms with Gasteiger partial charge in [0.05, 0.1) is 38.4 Å². The molecule has 4 rings (SSSR count). The Morgan fingerprint density at radius 1 is 1.14 bits per heavy atom. The molecule has 5 nitrogen and oxygen atoms in total. The second-order valence-electron chi connectivity index (χ2n) is 9.26. The van der Waals surface area contributed by atoms with E-state index < -0.39 is 5.92 Å².